The average molecular weight is 262 g/mol. The van der Waals surface area contributed by atoms with Crippen molar-refractivity contribution in [3.05, 3.63) is 35.1 Å². The van der Waals surface area contributed by atoms with Crippen molar-refractivity contribution in [2.24, 2.45) is 0 Å². The van der Waals surface area contributed by atoms with Gasteiger partial charge in [0.15, 0.2) is 10.6 Å². The number of aromatic amines is 1. The lowest BCUT2D eigenvalue weighted by molar-refractivity contribution is -0.123. The molecule has 5 nitrogen and oxygen atoms in total. The number of aromatic nitrogens is 3. The van der Waals surface area contributed by atoms with Crippen LogP contribution in [0.15, 0.2) is 30.3 Å². The molecule has 6 heteroatoms. The highest BCUT2D eigenvalue weighted by molar-refractivity contribution is 7.71. The second kappa shape index (κ2) is 5.14. The number of carbonyl (C=O) groups excluding carboxylic acids is 1. The number of hydrogen-bond acceptors (Lipinski definition) is 3. The number of hydrogen-bond donors (Lipinski definition) is 2. The minimum atomic E-state index is -0.406. The lowest BCUT2D eigenvalue weighted by Gasteiger charge is -2.13. The van der Waals surface area contributed by atoms with E-state index in [9.17, 15) is 4.79 Å². The molecular formula is C12H14N4OS. The van der Waals surface area contributed by atoms with Gasteiger partial charge in [0.25, 0.3) is 0 Å². The van der Waals surface area contributed by atoms with Crippen molar-refractivity contribution in [1.82, 2.24) is 20.1 Å². The molecule has 1 unspecified atom stereocenters. The monoisotopic (exact) mass is 262 g/mol. The zero-order valence-electron chi connectivity index (χ0n) is 10.2. The molecule has 1 amide bonds. The number of rotatable bonds is 3. The molecule has 2 aromatic rings. The van der Waals surface area contributed by atoms with E-state index in [1.807, 2.05) is 30.3 Å². The highest BCUT2D eigenvalue weighted by Crippen LogP contribution is 2.20. The van der Waals surface area contributed by atoms with E-state index in [0.717, 1.165) is 5.56 Å². The fourth-order valence-electron chi connectivity index (χ4n) is 1.78. The van der Waals surface area contributed by atoms with Crippen molar-refractivity contribution < 1.29 is 4.79 Å². The first-order chi connectivity index (χ1) is 8.65. The quantitative estimate of drug-likeness (QED) is 0.831. The Balaban J connectivity index is 2.52. The van der Waals surface area contributed by atoms with Gasteiger partial charge in [-0.2, -0.15) is 5.10 Å². The molecule has 0 bridgehead atoms. The van der Waals surface area contributed by atoms with E-state index in [1.165, 1.54) is 0 Å². The van der Waals surface area contributed by atoms with Crippen molar-refractivity contribution in [2.75, 3.05) is 7.05 Å². The normalized spacial score (nSPS) is 12.1. The summed E-state index contributed by atoms with van der Waals surface area (Å²) in [6, 6.07) is 9.22. The minimum absolute atomic E-state index is 0.107. The molecule has 0 saturated carbocycles. The molecule has 2 N–H and O–H groups in total. The lowest BCUT2D eigenvalue weighted by Crippen LogP contribution is -2.28. The third-order valence-corrected chi connectivity index (χ3v) is 3.04. The average Bonchev–Trinajstić information content (AvgIpc) is 2.80. The van der Waals surface area contributed by atoms with Crippen molar-refractivity contribution in [1.29, 1.82) is 0 Å². The van der Waals surface area contributed by atoms with E-state index in [2.05, 4.69) is 15.5 Å². The van der Waals surface area contributed by atoms with Gasteiger partial charge in [0.2, 0.25) is 5.91 Å². The van der Waals surface area contributed by atoms with Crippen LogP contribution in [-0.2, 0) is 4.79 Å². The van der Waals surface area contributed by atoms with Crippen molar-refractivity contribution in [3.63, 3.8) is 0 Å². The smallest absolute Gasteiger partial charge is 0.242 e. The summed E-state index contributed by atoms with van der Waals surface area (Å²) >= 11 is 5.18. The molecule has 0 radical (unpaired) electrons. The zero-order valence-corrected chi connectivity index (χ0v) is 11.0. The lowest BCUT2D eigenvalue weighted by atomic mass is 10.2. The number of nitrogens with one attached hydrogen (secondary N) is 2. The fourth-order valence-corrected chi connectivity index (χ4v) is 2.07. The van der Waals surface area contributed by atoms with Gasteiger partial charge in [0, 0.05) is 12.6 Å². The maximum atomic E-state index is 11.7. The number of H-pyrrole nitrogens is 1. The molecule has 1 atom stereocenters. The molecule has 0 aliphatic rings. The van der Waals surface area contributed by atoms with E-state index >= 15 is 0 Å². The second-order valence-electron chi connectivity index (χ2n) is 3.88. The molecule has 1 aromatic heterocycles. The topological polar surface area (TPSA) is 62.7 Å². The Bertz CT molecular complexity index is 602. The molecule has 0 aliphatic carbocycles. The highest BCUT2D eigenvalue weighted by Gasteiger charge is 2.19. The summed E-state index contributed by atoms with van der Waals surface area (Å²) in [5.74, 6) is 0.557. The Morgan fingerprint density at radius 2 is 2.11 bits per heavy atom. The molecule has 1 heterocycles. The van der Waals surface area contributed by atoms with Crippen molar-refractivity contribution in [2.45, 2.75) is 13.0 Å². The van der Waals surface area contributed by atoms with Crippen LogP contribution in [-0.4, -0.2) is 27.7 Å². The van der Waals surface area contributed by atoms with E-state index in [0.29, 0.717) is 10.6 Å². The third-order valence-electron chi connectivity index (χ3n) is 2.75. The van der Waals surface area contributed by atoms with Gasteiger partial charge in [-0.15, -0.1) is 0 Å². The Morgan fingerprint density at radius 3 is 2.72 bits per heavy atom. The molecule has 18 heavy (non-hydrogen) atoms. The largest absolute Gasteiger partial charge is 0.357 e. The maximum Gasteiger partial charge on any atom is 0.242 e. The van der Waals surface area contributed by atoms with Gasteiger partial charge in [0.1, 0.15) is 6.04 Å². The van der Waals surface area contributed by atoms with Gasteiger partial charge >= 0.3 is 0 Å². The zero-order chi connectivity index (χ0) is 13.1. The summed E-state index contributed by atoms with van der Waals surface area (Å²) in [6.07, 6.45) is 0. The molecule has 0 spiro atoms. The summed E-state index contributed by atoms with van der Waals surface area (Å²) in [4.78, 5) is 11.7. The van der Waals surface area contributed by atoms with Gasteiger partial charge < -0.3 is 5.32 Å². The first-order valence-corrected chi connectivity index (χ1v) is 6.00. The fraction of sp³-hybridized carbons (Fsp3) is 0.250. The molecule has 0 fully saturated rings. The molecular weight excluding hydrogens is 248 g/mol. The SMILES string of the molecule is CNC(=O)C(C)n1c(-c2ccccc2)n[nH]c1=S. The standard InChI is InChI=1S/C12H14N4OS/c1-8(11(17)13-2)16-10(14-15-12(16)18)9-6-4-3-5-7-9/h3-8H,1-2H3,(H,13,17)(H,15,18). The van der Waals surface area contributed by atoms with Crippen LogP contribution in [0.4, 0.5) is 0 Å². The predicted molar refractivity (Wildman–Crippen MR) is 71.6 cm³/mol. The summed E-state index contributed by atoms with van der Waals surface area (Å²) in [7, 11) is 1.60. The van der Waals surface area contributed by atoms with Crippen LogP contribution < -0.4 is 5.32 Å². The number of carbonyl (C=O) groups is 1. The molecule has 1 aromatic carbocycles. The van der Waals surface area contributed by atoms with Gasteiger partial charge in [-0.25, -0.2) is 0 Å². The van der Waals surface area contributed by atoms with Crippen molar-refractivity contribution >= 4 is 18.1 Å². The molecule has 0 saturated heterocycles. The first kappa shape index (κ1) is 12.5. The highest BCUT2D eigenvalue weighted by atomic mass is 32.1. The number of likely N-dealkylation sites (N-methyl/N-ethyl adjacent to an activating group) is 1. The van der Waals surface area contributed by atoms with E-state index < -0.39 is 6.04 Å². The second-order valence-corrected chi connectivity index (χ2v) is 4.27. The number of amides is 1. The van der Waals surface area contributed by atoms with E-state index in [1.54, 1.807) is 18.5 Å². The first-order valence-electron chi connectivity index (χ1n) is 5.59. The van der Waals surface area contributed by atoms with Gasteiger partial charge in [-0.05, 0) is 19.1 Å². The van der Waals surface area contributed by atoms with Crippen LogP contribution in [0, 0.1) is 4.77 Å². The van der Waals surface area contributed by atoms with Crippen LogP contribution in [0.25, 0.3) is 11.4 Å². The predicted octanol–water partition coefficient (Wildman–Crippen LogP) is 1.91. The van der Waals surface area contributed by atoms with Crippen LogP contribution in [0.1, 0.15) is 13.0 Å². The summed E-state index contributed by atoms with van der Waals surface area (Å²) in [5, 5.41) is 9.53. The Labute approximate surface area is 110 Å². The van der Waals surface area contributed by atoms with Gasteiger partial charge in [0.05, 0.1) is 0 Å². The van der Waals surface area contributed by atoms with Crippen molar-refractivity contribution in [3.8, 4) is 11.4 Å². The maximum absolute atomic E-state index is 11.7. The van der Waals surface area contributed by atoms with E-state index in [-0.39, 0.29) is 5.91 Å². The third kappa shape index (κ3) is 2.19. The number of benzene rings is 1. The number of nitrogens with zero attached hydrogens (tertiary/aromatic N) is 2. The van der Waals surface area contributed by atoms with Crippen LogP contribution >= 0.6 is 12.2 Å². The van der Waals surface area contributed by atoms with Gasteiger partial charge in [-0.1, -0.05) is 30.3 Å². The Kier molecular flexibility index (Phi) is 3.57. The Hall–Kier alpha value is -1.95. The van der Waals surface area contributed by atoms with E-state index in [4.69, 9.17) is 12.2 Å². The molecule has 2 rings (SSSR count). The summed E-state index contributed by atoms with van der Waals surface area (Å²) in [5.41, 5.74) is 0.917. The van der Waals surface area contributed by atoms with Crippen LogP contribution in [0.2, 0.25) is 0 Å². The van der Waals surface area contributed by atoms with Crippen LogP contribution in [0.5, 0.6) is 0 Å². The molecule has 94 valence electrons. The summed E-state index contributed by atoms with van der Waals surface area (Å²) < 4.78 is 2.15. The van der Waals surface area contributed by atoms with Gasteiger partial charge in [-0.3, -0.25) is 14.5 Å². The Morgan fingerprint density at radius 1 is 1.44 bits per heavy atom. The molecule has 0 aliphatic heterocycles. The summed E-state index contributed by atoms with van der Waals surface area (Å²) in [6.45, 7) is 1.79. The van der Waals surface area contributed by atoms with Crippen LogP contribution in [0.3, 0.4) is 0 Å². The minimum Gasteiger partial charge on any atom is -0.357 e.